The zero-order chi connectivity index (χ0) is 13.4. The Bertz CT molecular complexity index is 589. The molecule has 0 unspecified atom stereocenters. The Balaban J connectivity index is 2.05. The highest BCUT2D eigenvalue weighted by atomic mass is 35.5. The number of anilines is 1. The van der Waals surface area contributed by atoms with Gasteiger partial charge in [-0.3, -0.25) is 0 Å². The number of fused-ring (bicyclic) bond motifs is 1. The summed E-state index contributed by atoms with van der Waals surface area (Å²) in [6.45, 7) is 3.15. The Morgan fingerprint density at radius 1 is 1.00 bits per heavy atom. The van der Waals surface area contributed by atoms with Gasteiger partial charge in [-0.15, -0.1) is 0 Å². The Labute approximate surface area is 123 Å². The van der Waals surface area contributed by atoms with E-state index in [1.54, 1.807) is 0 Å². The molecular formula is C16H15Cl2N. The molecule has 1 heterocycles. The zero-order valence-corrected chi connectivity index (χ0v) is 12.2. The molecule has 1 atom stereocenters. The van der Waals surface area contributed by atoms with Crippen LogP contribution in [0.5, 0.6) is 0 Å². The average Bonchev–Trinajstić information content (AvgIpc) is 2.41. The van der Waals surface area contributed by atoms with Gasteiger partial charge in [0.15, 0.2) is 0 Å². The average molecular weight is 292 g/mol. The lowest BCUT2D eigenvalue weighted by Crippen LogP contribution is -2.34. The van der Waals surface area contributed by atoms with Crippen molar-refractivity contribution in [1.82, 2.24) is 0 Å². The molecule has 0 N–H and O–H groups in total. The van der Waals surface area contributed by atoms with E-state index in [-0.39, 0.29) is 0 Å². The molecule has 3 heteroatoms. The van der Waals surface area contributed by atoms with Crippen molar-refractivity contribution in [2.24, 2.45) is 0 Å². The molecule has 1 nitrogen and oxygen atoms in total. The van der Waals surface area contributed by atoms with E-state index in [9.17, 15) is 0 Å². The van der Waals surface area contributed by atoms with Gasteiger partial charge in [-0.25, -0.2) is 0 Å². The van der Waals surface area contributed by atoms with Gasteiger partial charge in [0, 0.05) is 6.54 Å². The zero-order valence-electron chi connectivity index (χ0n) is 10.7. The molecule has 98 valence electrons. The highest BCUT2D eigenvalue weighted by molar-refractivity contribution is 6.39. The number of benzene rings is 2. The van der Waals surface area contributed by atoms with Crippen molar-refractivity contribution in [1.29, 1.82) is 0 Å². The summed E-state index contributed by atoms with van der Waals surface area (Å²) >= 11 is 12.7. The molecule has 19 heavy (non-hydrogen) atoms. The van der Waals surface area contributed by atoms with E-state index in [0.29, 0.717) is 6.04 Å². The Kier molecular flexibility index (Phi) is 3.42. The predicted molar refractivity (Wildman–Crippen MR) is 82.4 cm³/mol. The molecule has 0 bridgehead atoms. The van der Waals surface area contributed by atoms with Gasteiger partial charge in [0.1, 0.15) is 0 Å². The van der Waals surface area contributed by atoms with Crippen LogP contribution in [0.15, 0.2) is 42.5 Å². The molecule has 0 spiro atoms. The standard InChI is InChI=1S/C16H15Cl2N/c1-11-13-6-3-2-5-12(13)9-10-19(11)16-14(17)7-4-8-15(16)18/h2-8,11H,9-10H2,1H3/t11-/m0/s1. The first kappa shape index (κ1) is 12.8. The van der Waals surface area contributed by atoms with Crippen LogP contribution in [0.2, 0.25) is 10.0 Å². The van der Waals surface area contributed by atoms with Gasteiger partial charge in [-0.05, 0) is 36.6 Å². The van der Waals surface area contributed by atoms with Gasteiger partial charge in [0.05, 0.1) is 21.8 Å². The van der Waals surface area contributed by atoms with Crippen LogP contribution in [0.25, 0.3) is 0 Å². The molecule has 0 aliphatic carbocycles. The number of para-hydroxylation sites is 1. The smallest absolute Gasteiger partial charge is 0.0750 e. The van der Waals surface area contributed by atoms with Gasteiger partial charge in [0.2, 0.25) is 0 Å². The summed E-state index contributed by atoms with van der Waals surface area (Å²) < 4.78 is 0. The van der Waals surface area contributed by atoms with Gasteiger partial charge < -0.3 is 4.90 Å². The molecule has 0 amide bonds. The summed E-state index contributed by atoms with van der Waals surface area (Å²) in [7, 11) is 0. The Morgan fingerprint density at radius 3 is 2.42 bits per heavy atom. The SMILES string of the molecule is C[C@H]1c2ccccc2CCN1c1c(Cl)cccc1Cl. The first-order valence-electron chi connectivity index (χ1n) is 6.47. The van der Waals surface area contributed by atoms with Crippen molar-refractivity contribution in [3.63, 3.8) is 0 Å². The van der Waals surface area contributed by atoms with Crippen LogP contribution >= 0.6 is 23.2 Å². The minimum absolute atomic E-state index is 0.294. The third kappa shape index (κ3) is 2.22. The largest absolute Gasteiger partial charge is 0.362 e. The lowest BCUT2D eigenvalue weighted by molar-refractivity contribution is 0.625. The van der Waals surface area contributed by atoms with Crippen LogP contribution in [0, 0.1) is 0 Å². The van der Waals surface area contributed by atoms with Gasteiger partial charge >= 0.3 is 0 Å². The molecule has 3 rings (SSSR count). The van der Waals surface area contributed by atoms with Crippen LogP contribution < -0.4 is 4.90 Å². The van der Waals surface area contributed by atoms with Crippen molar-refractivity contribution >= 4 is 28.9 Å². The lowest BCUT2D eigenvalue weighted by Gasteiger charge is -2.38. The predicted octanol–water partition coefficient (Wildman–Crippen LogP) is 5.12. The van der Waals surface area contributed by atoms with Crippen LogP contribution in [0.4, 0.5) is 5.69 Å². The summed E-state index contributed by atoms with van der Waals surface area (Å²) in [6.07, 6.45) is 1.03. The summed E-state index contributed by atoms with van der Waals surface area (Å²) in [5, 5.41) is 1.44. The highest BCUT2D eigenvalue weighted by Gasteiger charge is 2.26. The highest BCUT2D eigenvalue weighted by Crippen LogP contribution is 2.40. The van der Waals surface area contributed by atoms with E-state index in [4.69, 9.17) is 23.2 Å². The monoisotopic (exact) mass is 291 g/mol. The maximum absolute atomic E-state index is 6.33. The van der Waals surface area contributed by atoms with Crippen LogP contribution in [0.1, 0.15) is 24.1 Å². The van der Waals surface area contributed by atoms with Crippen molar-refractivity contribution in [3.8, 4) is 0 Å². The molecule has 2 aromatic carbocycles. The Hall–Kier alpha value is -1.18. The number of nitrogens with zero attached hydrogens (tertiary/aromatic N) is 1. The molecule has 1 aliphatic rings. The number of hydrogen-bond donors (Lipinski definition) is 0. The molecule has 0 radical (unpaired) electrons. The third-order valence-corrected chi connectivity index (χ3v) is 4.43. The molecule has 0 saturated heterocycles. The Morgan fingerprint density at radius 2 is 1.68 bits per heavy atom. The first-order valence-corrected chi connectivity index (χ1v) is 7.22. The molecule has 0 fully saturated rings. The fraction of sp³-hybridized carbons (Fsp3) is 0.250. The first-order chi connectivity index (χ1) is 9.18. The van der Waals surface area contributed by atoms with Crippen LogP contribution in [-0.2, 0) is 6.42 Å². The van der Waals surface area contributed by atoms with E-state index in [1.807, 2.05) is 18.2 Å². The third-order valence-electron chi connectivity index (χ3n) is 3.82. The van der Waals surface area contributed by atoms with Crippen molar-refractivity contribution in [3.05, 3.63) is 63.6 Å². The van der Waals surface area contributed by atoms with E-state index >= 15 is 0 Å². The normalized spacial score (nSPS) is 18.3. The van der Waals surface area contributed by atoms with Crippen molar-refractivity contribution in [2.75, 3.05) is 11.4 Å². The summed E-state index contributed by atoms with van der Waals surface area (Å²) in [5.41, 5.74) is 3.74. The number of halogens is 2. The molecule has 1 aliphatic heterocycles. The van der Waals surface area contributed by atoms with Gasteiger partial charge in [-0.2, -0.15) is 0 Å². The van der Waals surface area contributed by atoms with E-state index < -0.39 is 0 Å². The van der Waals surface area contributed by atoms with Crippen LogP contribution in [-0.4, -0.2) is 6.54 Å². The molecular weight excluding hydrogens is 277 g/mol. The maximum atomic E-state index is 6.33. The quantitative estimate of drug-likeness (QED) is 0.705. The molecule has 0 saturated carbocycles. The van der Waals surface area contributed by atoms with Gasteiger partial charge in [0.25, 0.3) is 0 Å². The number of hydrogen-bond acceptors (Lipinski definition) is 1. The fourth-order valence-electron chi connectivity index (χ4n) is 2.84. The second kappa shape index (κ2) is 5.07. The lowest BCUT2D eigenvalue weighted by atomic mass is 9.93. The summed E-state index contributed by atoms with van der Waals surface area (Å²) in [4.78, 5) is 2.30. The molecule has 2 aromatic rings. The molecule has 0 aromatic heterocycles. The minimum Gasteiger partial charge on any atom is -0.362 e. The van der Waals surface area contributed by atoms with Crippen molar-refractivity contribution in [2.45, 2.75) is 19.4 Å². The summed E-state index contributed by atoms with van der Waals surface area (Å²) in [5.74, 6) is 0. The number of rotatable bonds is 1. The van der Waals surface area contributed by atoms with Crippen LogP contribution in [0.3, 0.4) is 0 Å². The summed E-state index contributed by atoms with van der Waals surface area (Å²) in [6, 6.07) is 14.6. The second-order valence-corrected chi connectivity index (χ2v) is 5.70. The van der Waals surface area contributed by atoms with Crippen molar-refractivity contribution < 1.29 is 0 Å². The maximum Gasteiger partial charge on any atom is 0.0750 e. The van der Waals surface area contributed by atoms with E-state index in [0.717, 1.165) is 28.7 Å². The topological polar surface area (TPSA) is 3.24 Å². The fourth-order valence-corrected chi connectivity index (χ4v) is 3.46. The second-order valence-electron chi connectivity index (χ2n) is 4.89. The van der Waals surface area contributed by atoms with E-state index in [1.165, 1.54) is 11.1 Å². The van der Waals surface area contributed by atoms with Gasteiger partial charge in [-0.1, -0.05) is 53.5 Å². The van der Waals surface area contributed by atoms with E-state index in [2.05, 4.69) is 36.1 Å². The minimum atomic E-state index is 0.294.